The zero-order valence-electron chi connectivity index (χ0n) is 12.0. The summed E-state index contributed by atoms with van der Waals surface area (Å²) in [5.41, 5.74) is 1.14. The Kier molecular flexibility index (Phi) is 4.09. The highest BCUT2D eigenvalue weighted by atomic mass is 16.2. The van der Waals surface area contributed by atoms with Gasteiger partial charge >= 0.3 is 0 Å². The third kappa shape index (κ3) is 2.95. The number of amides is 2. The summed E-state index contributed by atoms with van der Waals surface area (Å²) in [6.45, 7) is 0.582. The summed E-state index contributed by atoms with van der Waals surface area (Å²) in [6, 6.07) is 6.50. The molecule has 1 aliphatic rings. The number of carbonyl (C=O) groups excluding carboxylic acids is 2. The van der Waals surface area contributed by atoms with E-state index < -0.39 is 6.04 Å². The molecule has 22 heavy (non-hydrogen) atoms. The molecule has 3 heterocycles. The van der Waals surface area contributed by atoms with Crippen LogP contribution in [0.1, 0.15) is 23.2 Å². The minimum absolute atomic E-state index is 0.156. The summed E-state index contributed by atoms with van der Waals surface area (Å²) in [4.78, 5) is 34.5. The van der Waals surface area contributed by atoms with Crippen LogP contribution in [0, 0.1) is 0 Å². The van der Waals surface area contributed by atoms with Gasteiger partial charge in [0.05, 0.1) is 17.4 Å². The molecule has 1 atom stereocenters. The lowest BCUT2D eigenvalue weighted by Crippen LogP contribution is -2.43. The molecule has 2 aromatic heterocycles. The predicted octanol–water partition coefficient (Wildman–Crippen LogP) is 1.72. The van der Waals surface area contributed by atoms with Crippen molar-refractivity contribution in [1.29, 1.82) is 0 Å². The van der Waals surface area contributed by atoms with Crippen molar-refractivity contribution in [3.63, 3.8) is 0 Å². The van der Waals surface area contributed by atoms with E-state index >= 15 is 0 Å². The van der Waals surface area contributed by atoms with Crippen LogP contribution in [0.3, 0.4) is 0 Å². The predicted molar refractivity (Wildman–Crippen MR) is 81.2 cm³/mol. The van der Waals surface area contributed by atoms with Crippen molar-refractivity contribution in [3.05, 3.63) is 54.6 Å². The van der Waals surface area contributed by atoms with Gasteiger partial charge in [-0.3, -0.25) is 19.6 Å². The number of pyridine rings is 2. The van der Waals surface area contributed by atoms with E-state index in [0.717, 1.165) is 6.42 Å². The number of hydrogen-bond donors (Lipinski definition) is 1. The van der Waals surface area contributed by atoms with Gasteiger partial charge in [-0.1, -0.05) is 0 Å². The topological polar surface area (TPSA) is 75.2 Å². The molecule has 0 saturated carbocycles. The smallest absolute Gasteiger partial charge is 0.256 e. The summed E-state index contributed by atoms with van der Waals surface area (Å²) >= 11 is 0. The Balaban J connectivity index is 1.73. The number of nitrogens with zero attached hydrogens (tertiary/aromatic N) is 3. The molecule has 1 fully saturated rings. The van der Waals surface area contributed by atoms with Gasteiger partial charge in [0.25, 0.3) is 5.91 Å². The number of carbonyl (C=O) groups is 2. The summed E-state index contributed by atoms with van der Waals surface area (Å²) in [7, 11) is 0. The molecular weight excluding hydrogens is 280 g/mol. The van der Waals surface area contributed by atoms with Crippen LogP contribution in [0.5, 0.6) is 0 Å². The molecule has 0 bridgehead atoms. The van der Waals surface area contributed by atoms with Gasteiger partial charge in [-0.2, -0.15) is 0 Å². The van der Waals surface area contributed by atoms with E-state index in [0.29, 0.717) is 24.2 Å². The van der Waals surface area contributed by atoms with Crippen LogP contribution in [-0.2, 0) is 4.79 Å². The molecule has 1 saturated heterocycles. The van der Waals surface area contributed by atoms with Crippen molar-refractivity contribution in [1.82, 2.24) is 14.9 Å². The van der Waals surface area contributed by atoms with Crippen molar-refractivity contribution in [2.75, 3.05) is 11.9 Å². The molecule has 3 rings (SSSR count). The van der Waals surface area contributed by atoms with Gasteiger partial charge in [0.2, 0.25) is 5.91 Å². The molecule has 2 amide bonds. The second-order valence-corrected chi connectivity index (χ2v) is 5.13. The number of hydrogen-bond acceptors (Lipinski definition) is 4. The first kappa shape index (κ1) is 14.2. The fraction of sp³-hybridized carbons (Fsp3) is 0.250. The first-order valence-electron chi connectivity index (χ1n) is 7.17. The average Bonchev–Trinajstić information content (AvgIpc) is 3.05. The Bertz CT molecular complexity index is 660. The molecule has 0 aromatic carbocycles. The second kappa shape index (κ2) is 6.34. The van der Waals surface area contributed by atoms with Crippen LogP contribution in [0.15, 0.2) is 49.1 Å². The third-order valence-electron chi connectivity index (χ3n) is 3.65. The molecular formula is C16H16N4O2. The fourth-order valence-corrected chi connectivity index (χ4v) is 2.60. The Morgan fingerprint density at radius 2 is 1.91 bits per heavy atom. The van der Waals surface area contributed by atoms with E-state index in [1.165, 1.54) is 6.20 Å². The lowest BCUT2D eigenvalue weighted by Gasteiger charge is -2.23. The second-order valence-electron chi connectivity index (χ2n) is 5.13. The Hall–Kier alpha value is -2.76. The highest BCUT2D eigenvalue weighted by Crippen LogP contribution is 2.21. The van der Waals surface area contributed by atoms with Crippen LogP contribution in [0.4, 0.5) is 5.69 Å². The van der Waals surface area contributed by atoms with Crippen molar-refractivity contribution >= 4 is 17.5 Å². The third-order valence-corrected chi connectivity index (χ3v) is 3.65. The molecule has 0 unspecified atom stereocenters. The molecule has 2 aromatic rings. The molecule has 0 spiro atoms. The average molecular weight is 296 g/mol. The van der Waals surface area contributed by atoms with E-state index in [-0.39, 0.29) is 11.8 Å². The van der Waals surface area contributed by atoms with Crippen LogP contribution in [0.25, 0.3) is 0 Å². The Labute approximate surface area is 128 Å². The van der Waals surface area contributed by atoms with E-state index in [1.54, 1.807) is 47.8 Å². The van der Waals surface area contributed by atoms with Crippen molar-refractivity contribution in [3.8, 4) is 0 Å². The molecule has 6 heteroatoms. The quantitative estimate of drug-likeness (QED) is 0.935. The van der Waals surface area contributed by atoms with Crippen LogP contribution in [-0.4, -0.2) is 39.3 Å². The van der Waals surface area contributed by atoms with E-state index in [9.17, 15) is 9.59 Å². The Morgan fingerprint density at radius 1 is 1.14 bits per heavy atom. The molecule has 1 N–H and O–H groups in total. The molecule has 0 radical (unpaired) electrons. The lowest BCUT2D eigenvalue weighted by atomic mass is 10.2. The normalized spacial score (nSPS) is 17.3. The lowest BCUT2D eigenvalue weighted by molar-refractivity contribution is -0.119. The summed E-state index contributed by atoms with van der Waals surface area (Å²) < 4.78 is 0. The first-order valence-corrected chi connectivity index (χ1v) is 7.17. The van der Waals surface area contributed by atoms with Gasteiger partial charge in [0.1, 0.15) is 6.04 Å². The molecule has 0 aliphatic carbocycles. The van der Waals surface area contributed by atoms with Crippen molar-refractivity contribution in [2.24, 2.45) is 0 Å². The largest absolute Gasteiger partial charge is 0.327 e. The van der Waals surface area contributed by atoms with E-state index in [1.807, 2.05) is 0 Å². The summed E-state index contributed by atoms with van der Waals surface area (Å²) in [5.74, 6) is -0.334. The fourth-order valence-electron chi connectivity index (χ4n) is 2.60. The maximum absolute atomic E-state index is 12.5. The maximum atomic E-state index is 12.5. The summed E-state index contributed by atoms with van der Waals surface area (Å²) in [6.07, 6.45) is 7.85. The minimum atomic E-state index is -0.451. The van der Waals surface area contributed by atoms with Gasteiger partial charge in [0, 0.05) is 25.1 Å². The number of nitrogens with one attached hydrogen (secondary N) is 1. The van der Waals surface area contributed by atoms with Gasteiger partial charge in [-0.15, -0.1) is 0 Å². The zero-order chi connectivity index (χ0) is 15.4. The molecule has 112 valence electrons. The van der Waals surface area contributed by atoms with E-state index in [4.69, 9.17) is 0 Å². The number of likely N-dealkylation sites (tertiary alicyclic amines) is 1. The van der Waals surface area contributed by atoms with Gasteiger partial charge in [0.15, 0.2) is 0 Å². The highest BCUT2D eigenvalue weighted by molar-refractivity contribution is 6.01. The van der Waals surface area contributed by atoms with Crippen molar-refractivity contribution in [2.45, 2.75) is 18.9 Å². The molecule has 6 nitrogen and oxygen atoms in total. The number of aromatic nitrogens is 2. The van der Waals surface area contributed by atoms with Gasteiger partial charge in [-0.25, -0.2) is 0 Å². The minimum Gasteiger partial charge on any atom is -0.327 e. The van der Waals surface area contributed by atoms with E-state index in [2.05, 4.69) is 15.3 Å². The van der Waals surface area contributed by atoms with Gasteiger partial charge < -0.3 is 10.2 Å². The zero-order valence-corrected chi connectivity index (χ0v) is 12.0. The van der Waals surface area contributed by atoms with Crippen LogP contribution in [0.2, 0.25) is 0 Å². The standard InChI is InChI=1S/C16H16N4O2/c21-15(19-13-5-2-8-18-11-13)14-6-3-9-20(14)16(22)12-4-1-7-17-10-12/h1-2,4-5,7-8,10-11,14H,3,6,9H2,(H,19,21)/t14-/m0/s1. The Morgan fingerprint density at radius 3 is 2.59 bits per heavy atom. The van der Waals surface area contributed by atoms with Gasteiger partial charge in [-0.05, 0) is 37.1 Å². The highest BCUT2D eigenvalue weighted by Gasteiger charge is 2.34. The first-order chi connectivity index (χ1) is 10.8. The maximum Gasteiger partial charge on any atom is 0.256 e. The van der Waals surface area contributed by atoms with Crippen LogP contribution >= 0.6 is 0 Å². The van der Waals surface area contributed by atoms with Crippen molar-refractivity contribution < 1.29 is 9.59 Å². The molecule has 1 aliphatic heterocycles. The number of rotatable bonds is 3. The monoisotopic (exact) mass is 296 g/mol. The van der Waals surface area contributed by atoms with Crippen LogP contribution < -0.4 is 5.32 Å². The summed E-state index contributed by atoms with van der Waals surface area (Å²) in [5, 5.41) is 2.81. The SMILES string of the molecule is O=C(Nc1cccnc1)[C@@H]1CCCN1C(=O)c1cccnc1. The number of anilines is 1.